The lowest BCUT2D eigenvalue weighted by Crippen LogP contribution is -2.67. The number of nitrogens with one attached hydrogen (secondary N) is 2. The van der Waals surface area contributed by atoms with Crippen LogP contribution in [0.3, 0.4) is 0 Å². The van der Waals surface area contributed by atoms with Crippen molar-refractivity contribution >= 4 is 23.5 Å². The van der Waals surface area contributed by atoms with Crippen molar-refractivity contribution in [1.82, 2.24) is 20.2 Å². The molecular formula is C21H32N6O2. The highest BCUT2D eigenvalue weighted by molar-refractivity contribution is 5.79. The molecule has 0 unspecified atom stereocenters. The van der Waals surface area contributed by atoms with Crippen LogP contribution < -0.4 is 15.5 Å². The Morgan fingerprint density at radius 2 is 2.03 bits per heavy atom. The fourth-order valence-electron chi connectivity index (χ4n) is 5.48. The molecule has 4 rings (SSSR count). The van der Waals surface area contributed by atoms with E-state index in [0.29, 0.717) is 31.2 Å². The summed E-state index contributed by atoms with van der Waals surface area (Å²) < 4.78 is 0. The average Bonchev–Trinajstić information content (AvgIpc) is 2.74. The van der Waals surface area contributed by atoms with Crippen molar-refractivity contribution < 1.29 is 9.59 Å². The van der Waals surface area contributed by atoms with Gasteiger partial charge in [0.15, 0.2) is 11.6 Å². The van der Waals surface area contributed by atoms with Crippen LogP contribution in [0, 0.1) is 11.8 Å². The maximum Gasteiger partial charge on any atom is 0.223 e. The van der Waals surface area contributed by atoms with Gasteiger partial charge in [-0.1, -0.05) is 6.92 Å². The Kier molecular flexibility index (Phi) is 5.87. The van der Waals surface area contributed by atoms with Crippen LogP contribution in [0.2, 0.25) is 0 Å². The first-order valence-corrected chi connectivity index (χ1v) is 10.9. The molecule has 2 amide bonds. The molecule has 0 spiro atoms. The fourth-order valence-corrected chi connectivity index (χ4v) is 5.48. The Labute approximate surface area is 172 Å². The molecule has 0 aromatic carbocycles. The van der Waals surface area contributed by atoms with Crippen LogP contribution in [-0.2, 0) is 9.59 Å². The van der Waals surface area contributed by atoms with Crippen LogP contribution in [0.5, 0.6) is 0 Å². The van der Waals surface area contributed by atoms with Crippen molar-refractivity contribution in [2.45, 2.75) is 57.5 Å². The van der Waals surface area contributed by atoms with E-state index >= 15 is 0 Å². The summed E-state index contributed by atoms with van der Waals surface area (Å²) in [6.45, 7) is 4.28. The quantitative estimate of drug-likeness (QED) is 0.755. The second-order valence-electron chi connectivity index (χ2n) is 8.52. The van der Waals surface area contributed by atoms with Crippen molar-refractivity contribution in [1.29, 1.82) is 0 Å². The summed E-state index contributed by atoms with van der Waals surface area (Å²) in [5.41, 5.74) is 0. The van der Waals surface area contributed by atoms with Crippen molar-refractivity contribution in [3.8, 4) is 0 Å². The second-order valence-corrected chi connectivity index (χ2v) is 8.52. The Hall–Kier alpha value is -2.38. The van der Waals surface area contributed by atoms with Gasteiger partial charge >= 0.3 is 0 Å². The molecule has 158 valence electrons. The first-order valence-electron chi connectivity index (χ1n) is 10.9. The molecule has 4 atom stereocenters. The third kappa shape index (κ3) is 3.89. The van der Waals surface area contributed by atoms with Crippen molar-refractivity contribution in [2.24, 2.45) is 11.8 Å². The Balaban J connectivity index is 1.59. The topological polar surface area (TPSA) is 90.5 Å². The normalized spacial score (nSPS) is 28.7. The molecule has 8 nitrogen and oxygen atoms in total. The van der Waals surface area contributed by atoms with Gasteiger partial charge in [-0.05, 0) is 37.5 Å². The average molecular weight is 401 g/mol. The highest BCUT2D eigenvalue weighted by atomic mass is 16.2. The van der Waals surface area contributed by atoms with Gasteiger partial charge in [-0.2, -0.15) is 0 Å². The lowest BCUT2D eigenvalue weighted by molar-refractivity contribution is -0.149. The largest absolute Gasteiger partial charge is 0.370 e. The number of carbonyl (C=O) groups excluding carboxylic acids is 2. The molecule has 0 aliphatic carbocycles. The number of anilines is 2. The minimum Gasteiger partial charge on any atom is -0.370 e. The van der Waals surface area contributed by atoms with Crippen molar-refractivity contribution in [3.05, 3.63) is 12.4 Å². The minimum atomic E-state index is 0.0577. The van der Waals surface area contributed by atoms with Crippen LogP contribution in [0.15, 0.2) is 12.4 Å². The number of rotatable bonds is 6. The zero-order chi connectivity index (χ0) is 20.4. The number of aromatic nitrogens is 2. The predicted octanol–water partition coefficient (Wildman–Crippen LogP) is 1.64. The second kappa shape index (κ2) is 8.55. The molecule has 0 saturated carbocycles. The summed E-state index contributed by atoms with van der Waals surface area (Å²) in [5.74, 6) is 2.77. The van der Waals surface area contributed by atoms with E-state index in [-0.39, 0.29) is 23.9 Å². The van der Waals surface area contributed by atoms with Gasteiger partial charge in [0.25, 0.3) is 0 Å². The first kappa shape index (κ1) is 19.9. The summed E-state index contributed by atoms with van der Waals surface area (Å²) in [6, 6.07) is 0.320. The minimum absolute atomic E-state index is 0.0577. The van der Waals surface area contributed by atoms with E-state index in [1.807, 2.05) is 14.0 Å². The Bertz CT molecular complexity index is 756. The summed E-state index contributed by atoms with van der Waals surface area (Å²) >= 11 is 0. The molecule has 2 bridgehead atoms. The number of hydrogen-bond donors (Lipinski definition) is 2. The third-order valence-electron chi connectivity index (χ3n) is 6.70. The SMILES string of the molecule is CCCC(=O)NC[C@H]1[C@H]2C[C@H](CN(c3nccnc3NC)C2)[C@@H]2CCCC(=O)N21. The standard InChI is InChI=1S/C21H32N6O2/c1-3-5-18(28)25-11-17-15-10-14(16-6-4-7-19(29)27(16)17)12-26(13-15)21-20(22-2)23-8-9-24-21/h8-9,14-17H,3-7,10-13H2,1-2H3,(H,22,23)(H,25,28)/t14-,15+,16+,17+/m1/s1. The summed E-state index contributed by atoms with van der Waals surface area (Å²) in [5, 5.41) is 6.25. The molecule has 3 saturated heterocycles. The van der Waals surface area contributed by atoms with Crippen molar-refractivity contribution in [2.75, 3.05) is 36.9 Å². The molecule has 29 heavy (non-hydrogen) atoms. The van der Waals surface area contributed by atoms with Gasteiger partial charge in [0, 0.05) is 58.0 Å². The van der Waals surface area contributed by atoms with E-state index in [0.717, 1.165) is 50.4 Å². The van der Waals surface area contributed by atoms with Gasteiger partial charge in [-0.25, -0.2) is 9.97 Å². The highest BCUT2D eigenvalue weighted by Crippen LogP contribution is 2.42. The first-order chi connectivity index (χ1) is 14.1. The molecular weight excluding hydrogens is 368 g/mol. The molecule has 3 aliphatic rings. The van der Waals surface area contributed by atoms with E-state index in [4.69, 9.17) is 0 Å². The zero-order valence-corrected chi connectivity index (χ0v) is 17.4. The van der Waals surface area contributed by atoms with E-state index in [9.17, 15) is 9.59 Å². The monoisotopic (exact) mass is 400 g/mol. The molecule has 3 aliphatic heterocycles. The van der Waals surface area contributed by atoms with Gasteiger partial charge in [-0.15, -0.1) is 0 Å². The van der Waals surface area contributed by atoms with E-state index in [2.05, 4.69) is 30.4 Å². The zero-order valence-electron chi connectivity index (χ0n) is 17.4. The highest BCUT2D eigenvalue weighted by Gasteiger charge is 2.49. The number of amides is 2. The number of hydrogen-bond acceptors (Lipinski definition) is 6. The Morgan fingerprint density at radius 1 is 1.24 bits per heavy atom. The molecule has 8 heteroatoms. The third-order valence-corrected chi connectivity index (χ3v) is 6.70. The van der Waals surface area contributed by atoms with E-state index in [1.165, 1.54) is 0 Å². The number of fused-ring (bicyclic) bond motifs is 4. The summed E-state index contributed by atoms with van der Waals surface area (Å²) in [4.78, 5) is 38.5. The van der Waals surface area contributed by atoms with Crippen LogP contribution in [-0.4, -0.2) is 65.4 Å². The van der Waals surface area contributed by atoms with Gasteiger partial charge in [0.05, 0.1) is 6.04 Å². The van der Waals surface area contributed by atoms with Crippen LogP contribution >= 0.6 is 0 Å². The van der Waals surface area contributed by atoms with Gasteiger partial charge in [0.1, 0.15) is 0 Å². The molecule has 4 heterocycles. The van der Waals surface area contributed by atoms with E-state index in [1.54, 1.807) is 12.4 Å². The summed E-state index contributed by atoms with van der Waals surface area (Å²) in [6.07, 6.45) is 8.56. The fraction of sp³-hybridized carbons (Fsp3) is 0.714. The molecule has 0 radical (unpaired) electrons. The molecule has 1 aromatic rings. The smallest absolute Gasteiger partial charge is 0.223 e. The Morgan fingerprint density at radius 3 is 2.83 bits per heavy atom. The predicted molar refractivity (Wildman–Crippen MR) is 112 cm³/mol. The number of carbonyl (C=O) groups is 2. The lowest BCUT2D eigenvalue weighted by atomic mass is 9.72. The molecule has 2 N–H and O–H groups in total. The lowest BCUT2D eigenvalue weighted by Gasteiger charge is -2.56. The van der Waals surface area contributed by atoms with Gasteiger partial charge in [0.2, 0.25) is 11.8 Å². The van der Waals surface area contributed by atoms with Crippen molar-refractivity contribution in [3.63, 3.8) is 0 Å². The maximum absolute atomic E-state index is 12.9. The molecule has 3 fully saturated rings. The molecule has 1 aromatic heterocycles. The van der Waals surface area contributed by atoms with Gasteiger partial charge in [-0.3, -0.25) is 9.59 Å². The van der Waals surface area contributed by atoms with Crippen LogP contribution in [0.4, 0.5) is 11.6 Å². The van der Waals surface area contributed by atoms with E-state index < -0.39 is 0 Å². The van der Waals surface area contributed by atoms with Crippen LogP contribution in [0.25, 0.3) is 0 Å². The van der Waals surface area contributed by atoms with Gasteiger partial charge < -0.3 is 20.4 Å². The number of nitrogens with zero attached hydrogens (tertiary/aromatic N) is 4. The maximum atomic E-state index is 12.9. The summed E-state index contributed by atoms with van der Waals surface area (Å²) in [7, 11) is 1.87. The van der Waals surface area contributed by atoms with Crippen LogP contribution in [0.1, 0.15) is 45.4 Å². The number of piperidine rings is 3.